The van der Waals surface area contributed by atoms with E-state index in [4.69, 9.17) is 19.9 Å². The van der Waals surface area contributed by atoms with Crippen molar-refractivity contribution in [2.75, 3.05) is 0 Å². The minimum atomic E-state index is 0.850. The van der Waals surface area contributed by atoms with Crippen molar-refractivity contribution >= 4 is 65.2 Å². The highest BCUT2D eigenvalue weighted by Gasteiger charge is 2.16. The molecule has 12 aromatic rings. The van der Waals surface area contributed by atoms with Gasteiger partial charge in [-0.2, -0.15) is 0 Å². The number of fused-ring (bicyclic) bond motifs is 7. The van der Waals surface area contributed by atoms with Crippen LogP contribution in [0.4, 0.5) is 0 Å². The summed E-state index contributed by atoms with van der Waals surface area (Å²) in [6, 6.07) is 72.8. The molecule has 0 unspecified atom stereocenters. The van der Waals surface area contributed by atoms with Crippen LogP contribution in [-0.2, 0) is 0 Å². The van der Waals surface area contributed by atoms with Gasteiger partial charge in [0.25, 0.3) is 0 Å². The van der Waals surface area contributed by atoms with E-state index in [0.717, 1.165) is 99.8 Å². The molecule has 4 nitrogen and oxygen atoms in total. The molecule has 4 heterocycles. The van der Waals surface area contributed by atoms with Crippen LogP contribution in [0.2, 0.25) is 0 Å². The van der Waals surface area contributed by atoms with E-state index >= 15 is 0 Å². The predicted octanol–water partition coefficient (Wildman–Crippen LogP) is 14.5. The lowest BCUT2D eigenvalue weighted by Gasteiger charge is -2.14. The first-order chi connectivity index (χ1) is 29.7. The normalized spacial score (nSPS) is 11.7. The minimum Gasteiger partial charge on any atom is -0.248 e. The summed E-state index contributed by atoms with van der Waals surface area (Å²) in [5.74, 6) is 0. The number of hydrogen-bond donors (Lipinski definition) is 0. The number of benzene rings is 8. The Balaban J connectivity index is 1.08. The van der Waals surface area contributed by atoms with Crippen LogP contribution in [0.25, 0.3) is 121 Å². The van der Waals surface area contributed by atoms with Gasteiger partial charge in [0.1, 0.15) is 0 Å². The van der Waals surface area contributed by atoms with Crippen LogP contribution in [0, 0.1) is 0 Å². The third kappa shape index (κ3) is 5.93. The van der Waals surface area contributed by atoms with E-state index in [-0.39, 0.29) is 0 Å². The fourth-order valence-electron chi connectivity index (χ4n) is 8.67. The number of rotatable bonds is 5. The third-order valence-corrected chi connectivity index (χ3v) is 11.7. The Morgan fingerprint density at radius 1 is 0.233 bits per heavy atom. The van der Waals surface area contributed by atoms with Gasteiger partial charge < -0.3 is 0 Å². The molecule has 0 radical (unpaired) electrons. The molecule has 0 aliphatic carbocycles. The van der Waals surface area contributed by atoms with Crippen LogP contribution in [0.3, 0.4) is 0 Å². The molecule has 0 spiro atoms. The van der Waals surface area contributed by atoms with E-state index in [1.807, 2.05) is 6.07 Å². The lowest BCUT2D eigenvalue weighted by Crippen LogP contribution is -1.95. The molecule has 60 heavy (non-hydrogen) atoms. The Kier molecular flexibility index (Phi) is 7.82. The summed E-state index contributed by atoms with van der Waals surface area (Å²) in [4.78, 5) is 21.4. The van der Waals surface area contributed by atoms with Crippen molar-refractivity contribution in [3.63, 3.8) is 0 Å². The van der Waals surface area contributed by atoms with E-state index < -0.39 is 0 Å². The highest BCUT2D eigenvalue weighted by atomic mass is 14.8. The Labute approximate surface area is 346 Å². The lowest BCUT2D eigenvalue weighted by atomic mass is 9.95. The predicted molar refractivity (Wildman–Crippen MR) is 250 cm³/mol. The Hall–Kier alpha value is -8.08. The summed E-state index contributed by atoms with van der Waals surface area (Å²) in [5, 5.41) is 9.06. The number of nitrogens with zero attached hydrogens (tertiary/aromatic N) is 4. The van der Waals surface area contributed by atoms with Gasteiger partial charge in [-0.05, 0) is 112 Å². The molecule has 0 fully saturated rings. The van der Waals surface area contributed by atoms with Gasteiger partial charge >= 0.3 is 0 Å². The summed E-state index contributed by atoms with van der Waals surface area (Å²) in [7, 11) is 0. The van der Waals surface area contributed by atoms with Gasteiger partial charge in [0.2, 0.25) is 0 Å². The highest BCUT2D eigenvalue weighted by Crippen LogP contribution is 2.38. The second kappa shape index (κ2) is 13.8. The van der Waals surface area contributed by atoms with Gasteiger partial charge in [0, 0.05) is 43.8 Å². The van der Waals surface area contributed by atoms with Gasteiger partial charge in [-0.25, -0.2) is 19.9 Å². The molecule has 4 heteroatoms. The maximum absolute atomic E-state index is 5.53. The first-order valence-electron chi connectivity index (χ1n) is 20.3. The van der Waals surface area contributed by atoms with Gasteiger partial charge in [0.15, 0.2) is 0 Å². The van der Waals surface area contributed by atoms with Crippen molar-refractivity contribution in [1.29, 1.82) is 0 Å². The summed E-state index contributed by atoms with van der Waals surface area (Å²) in [6.45, 7) is 0. The Bertz CT molecular complexity index is 3520. The van der Waals surface area contributed by atoms with E-state index in [9.17, 15) is 0 Å². The van der Waals surface area contributed by atoms with Crippen LogP contribution in [0.5, 0.6) is 0 Å². The van der Waals surface area contributed by atoms with Crippen molar-refractivity contribution in [1.82, 2.24) is 19.9 Å². The fraction of sp³-hybridized carbons (Fsp3) is 0. The topological polar surface area (TPSA) is 51.6 Å². The molecule has 0 N–H and O–H groups in total. The van der Waals surface area contributed by atoms with Crippen LogP contribution < -0.4 is 0 Å². The van der Waals surface area contributed by atoms with E-state index in [1.54, 1.807) is 0 Å². The fourth-order valence-corrected chi connectivity index (χ4v) is 8.67. The second-order valence-electron chi connectivity index (χ2n) is 15.5. The van der Waals surface area contributed by atoms with Crippen molar-refractivity contribution in [2.45, 2.75) is 0 Å². The summed E-state index contributed by atoms with van der Waals surface area (Å²) < 4.78 is 0. The maximum Gasteiger partial charge on any atom is 0.0978 e. The Morgan fingerprint density at radius 2 is 0.650 bits per heavy atom. The highest BCUT2D eigenvalue weighted by molar-refractivity contribution is 6.11. The van der Waals surface area contributed by atoms with Gasteiger partial charge in [-0.15, -0.1) is 0 Å². The van der Waals surface area contributed by atoms with Crippen molar-refractivity contribution in [3.8, 4) is 56.2 Å². The van der Waals surface area contributed by atoms with Gasteiger partial charge in [-0.3, -0.25) is 0 Å². The van der Waals surface area contributed by atoms with Crippen molar-refractivity contribution in [3.05, 3.63) is 206 Å². The molecular weight excluding hydrogens is 729 g/mol. The van der Waals surface area contributed by atoms with Crippen LogP contribution >= 0.6 is 0 Å². The third-order valence-electron chi connectivity index (χ3n) is 11.7. The molecule has 8 aromatic carbocycles. The minimum absolute atomic E-state index is 0.850. The molecule has 0 aliphatic rings. The second-order valence-corrected chi connectivity index (χ2v) is 15.5. The zero-order valence-corrected chi connectivity index (χ0v) is 32.4. The quantitative estimate of drug-likeness (QED) is 0.129. The molecule has 0 aliphatic heterocycles. The molecule has 0 atom stereocenters. The maximum atomic E-state index is 5.53. The summed E-state index contributed by atoms with van der Waals surface area (Å²) in [6.07, 6.45) is 0. The lowest BCUT2D eigenvalue weighted by molar-refractivity contribution is 1.35. The molecule has 0 saturated heterocycles. The number of pyridine rings is 4. The Morgan fingerprint density at radius 3 is 1.20 bits per heavy atom. The molecule has 0 amide bonds. The smallest absolute Gasteiger partial charge is 0.0978 e. The summed E-state index contributed by atoms with van der Waals surface area (Å²) >= 11 is 0. The number of aromatic nitrogens is 4. The molecule has 0 saturated carbocycles. The average molecular weight is 763 g/mol. The van der Waals surface area contributed by atoms with E-state index in [2.05, 4.69) is 200 Å². The molecular formula is C56H34N4. The van der Waals surface area contributed by atoms with Crippen LogP contribution in [0.15, 0.2) is 206 Å². The van der Waals surface area contributed by atoms with Crippen molar-refractivity contribution in [2.24, 2.45) is 0 Å². The molecule has 12 rings (SSSR count). The number of hydrogen-bond acceptors (Lipinski definition) is 4. The molecule has 0 bridgehead atoms. The summed E-state index contributed by atoms with van der Waals surface area (Å²) in [5.41, 5.74) is 13.5. The standard InChI is InChI=1S/C56H34N4/c1-3-11-35(12-4-1)48-32-43-21-25-49(36-13-5-2-6-14-36)59-55(43)56-47(48)22-26-52(60-56)46-30-44(50-23-19-41-27-37-15-7-9-17-39(37)33-53(41)57-50)29-45(31-46)51-24-20-42-28-38-16-8-10-18-40(38)34-54(42)58-51/h1-34H. The van der Waals surface area contributed by atoms with Gasteiger partial charge in [0.05, 0.1) is 44.8 Å². The van der Waals surface area contributed by atoms with Gasteiger partial charge in [-0.1, -0.05) is 127 Å². The molecule has 4 aromatic heterocycles. The zero-order chi connectivity index (χ0) is 39.6. The van der Waals surface area contributed by atoms with Crippen LogP contribution in [-0.4, -0.2) is 19.9 Å². The SMILES string of the molecule is c1ccc(-c2ccc3cc(-c4ccccc4)c4ccc(-c5cc(-c6ccc7cc8ccccc8cc7n6)cc(-c6ccc7cc8ccccc8cc7n6)c5)nc4c3n2)cc1. The van der Waals surface area contributed by atoms with Crippen molar-refractivity contribution < 1.29 is 0 Å². The monoisotopic (exact) mass is 762 g/mol. The molecule has 278 valence electrons. The largest absolute Gasteiger partial charge is 0.248 e. The van der Waals surface area contributed by atoms with E-state index in [0.29, 0.717) is 0 Å². The van der Waals surface area contributed by atoms with Crippen LogP contribution in [0.1, 0.15) is 0 Å². The zero-order valence-electron chi connectivity index (χ0n) is 32.4. The first kappa shape index (κ1) is 34.0. The average Bonchev–Trinajstić information content (AvgIpc) is 3.32. The van der Waals surface area contributed by atoms with E-state index in [1.165, 1.54) is 21.5 Å². The first-order valence-corrected chi connectivity index (χ1v) is 20.3.